The monoisotopic (exact) mass is 402 g/mol. The minimum Gasteiger partial charge on any atom is -0.331 e. The van der Waals surface area contributed by atoms with Gasteiger partial charge in [0.1, 0.15) is 5.82 Å². The Morgan fingerprint density at radius 1 is 1.04 bits per heavy atom. The Labute approximate surface area is 164 Å². The molecule has 0 radical (unpaired) electrons. The highest BCUT2D eigenvalue weighted by Gasteiger charge is 2.51. The predicted octanol–water partition coefficient (Wildman–Crippen LogP) is 2.84. The minimum absolute atomic E-state index is 0.0419. The Morgan fingerprint density at radius 3 is 2.36 bits per heavy atom. The van der Waals surface area contributed by atoms with Crippen molar-refractivity contribution in [3.63, 3.8) is 0 Å². The molecule has 0 spiro atoms. The quantitative estimate of drug-likeness (QED) is 0.793. The van der Waals surface area contributed by atoms with E-state index in [4.69, 9.17) is 0 Å². The number of benzene rings is 2. The lowest BCUT2D eigenvalue weighted by molar-refractivity contribution is 0.0708. The summed E-state index contributed by atoms with van der Waals surface area (Å²) in [5.41, 5.74) is 2.56. The molecule has 7 heteroatoms. The molecule has 0 saturated carbocycles. The molecule has 5 nitrogen and oxygen atoms in total. The molecule has 2 aromatic rings. The first kappa shape index (κ1) is 19.1. The van der Waals surface area contributed by atoms with Gasteiger partial charge in [-0.1, -0.05) is 24.3 Å². The summed E-state index contributed by atoms with van der Waals surface area (Å²) in [7, 11) is -3.27. The molecule has 2 fully saturated rings. The van der Waals surface area contributed by atoms with Crippen LogP contribution >= 0.6 is 0 Å². The molecule has 2 saturated heterocycles. The summed E-state index contributed by atoms with van der Waals surface area (Å²) in [5.74, 6) is -0.397. The number of halogens is 1. The van der Waals surface area contributed by atoms with E-state index < -0.39 is 10.0 Å². The first-order valence-electron chi connectivity index (χ1n) is 9.33. The number of fused-ring (bicyclic) bond motifs is 1. The normalized spacial score (nSPS) is 25.1. The van der Waals surface area contributed by atoms with Crippen LogP contribution in [0.1, 0.15) is 27.5 Å². The number of sulfonamides is 1. The topological polar surface area (TPSA) is 57.7 Å². The summed E-state index contributed by atoms with van der Waals surface area (Å²) in [6.45, 7) is 3.34. The fraction of sp³-hybridized carbons (Fsp3) is 0.381. The van der Waals surface area contributed by atoms with Crippen LogP contribution in [0.25, 0.3) is 0 Å². The number of nitrogens with zero attached hydrogens (tertiary/aromatic N) is 2. The maximum Gasteiger partial charge on any atom is 0.254 e. The number of amides is 1. The molecule has 28 heavy (non-hydrogen) atoms. The molecular formula is C21H23FN2O3S. The smallest absolute Gasteiger partial charge is 0.254 e. The Morgan fingerprint density at radius 2 is 1.71 bits per heavy atom. The molecule has 0 unspecified atom stereocenters. The van der Waals surface area contributed by atoms with E-state index >= 15 is 0 Å². The van der Waals surface area contributed by atoms with E-state index in [0.29, 0.717) is 25.2 Å². The average Bonchev–Trinajstić information content (AvgIpc) is 3.20. The summed E-state index contributed by atoms with van der Waals surface area (Å²) in [6, 6.07) is 13.3. The van der Waals surface area contributed by atoms with Crippen molar-refractivity contribution in [2.45, 2.75) is 13.0 Å². The number of hydrogen-bond donors (Lipinski definition) is 0. The molecule has 4 rings (SSSR count). The highest BCUT2D eigenvalue weighted by Crippen LogP contribution is 2.46. The second-order valence-electron chi connectivity index (χ2n) is 7.77. The average molecular weight is 402 g/mol. The van der Waals surface area contributed by atoms with Gasteiger partial charge in [-0.15, -0.1) is 0 Å². The highest BCUT2D eigenvalue weighted by molar-refractivity contribution is 7.88. The van der Waals surface area contributed by atoms with Crippen LogP contribution < -0.4 is 0 Å². The van der Waals surface area contributed by atoms with Crippen molar-refractivity contribution in [1.82, 2.24) is 9.21 Å². The Hall–Kier alpha value is -2.25. The SMILES string of the molecule is Cc1ccccc1[C@@H]1[C@H]2CN(S(C)(=O)=O)C[C@H]2CN1C(=O)c1ccc(F)cc1. The number of carbonyl (C=O) groups is 1. The van der Waals surface area contributed by atoms with Gasteiger partial charge in [-0.25, -0.2) is 17.1 Å². The van der Waals surface area contributed by atoms with Crippen LogP contribution in [0.4, 0.5) is 4.39 Å². The van der Waals surface area contributed by atoms with Crippen molar-refractivity contribution in [3.05, 3.63) is 71.0 Å². The van der Waals surface area contributed by atoms with Crippen molar-refractivity contribution in [3.8, 4) is 0 Å². The van der Waals surface area contributed by atoms with Crippen molar-refractivity contribution in [1.29, 1.82) is 0 Å². The van der Waals surface area contributed by atoms with Gasteiger partial charge in [-0.3, -0.25) is 4.79 Å². The number of rotatable bonds is 3. The third-order valence-electron chi connectivity index (χ3n) is 5.96. The maximum atomic E-state index is 13.3. The Bertz CT molecular complexity index is 1010. The van der Waals surface area contributed by atoms with Crippen LogP contribution in [0, 0.1) is 24.6 Å². The standard InChI is InChI=1S/C21H23FN2O3S/c1-14-5-3-4-6-18(14)20-19-13-23(28(2,26)27)11-16(19)12-24(20)21(25)15-7-9-17(22)10-8-15/h3-10,16,19-20H,11-13H2,1-2H3/t16-,19-,20+/m0/s1. The van der Waals surface area contributed by atoms with E-state index in [1.165, 1.54) is 34.8 Å². The lowest BCUT2D eigenvalue weighted by Gasteiger charge is -2.30. The first-order valence-corrected chi connectivity index (χ1v) is 11.2. The van der Waals surface area contributed by atoms with Crippen molar-refractivity contribution in [2.24, 2.45) is 11.8 Å². The molecule has 2 aliphatic heterocycles. The van der Waals surface area contributed by atoms with Gasteiger partial charge in [0.2, 0.25) is 10.0 Å². The Balaban J connectivity index is 1.72. The van der Waals surface area contributed by atoms with Crippen molar-refractivity contribution in [2.75, 3.05) is 25.9 Å². The second kappa shape index (κ2) is 6.97. The van der Waals surface area contributed by atoms with Crippen LogP contribution in [0.15, 0.2) is 48.5 Å². The predicted molar refractivity (Wildman–Crippen MR) is 105 cm³/mol. The van der Waals surface area contributed by atoms with E-state index in [9.17, 15) is 17.6 Å². The molecule has 2 aromatic carbocycles. The van der Waals surface area contributed by atoms with Gasteiger partial charge in [0.25, 0.3) is 5.91 Å². The summed E-state index contributed by atoms with van der Waals surface area (Å²) < 4.78 is 38.9. The highest BCUT2D eigenvalue weighted by atomic mass is 32.2. The van der Waals surface area contributed by atoms with Gasteiger partial charge in [0, 0.05) is 31.1 Å². The summed E-state index contributed by atoms with van der Waals surface area (Å²) >= 11 is 0. The fourth-order valence-electron chi connectivity index (χ4n) is 4.56. The minimum atomic E-state index is -3.27. The summed E-state index contributed by atoms with van der Waals surface area (Å²) in [5, 5.41) is 0. The van der Waals surface area contributed by atoms with Gasteiger partial charge in [0.05, 0.1) is 12.3 Å². The van der Waals surface area contributed by atoms with Gasteiger partial charge < -0.3 is 4.90 Å². The van der Waals surface area contributed by atoms with Crippen molar-refractivity contribution >= 4 is 15.9 Å². The fourth-order valence-corrected chi connectivity index (χ4v) is 5.46. The molecule has 1 amide bonds. The van der Waals surface area contributed by atoms with E-state index in [2.05, 4.69) is 0 Å². The maximum absolute atomic E-state index is 13.3. The zero-order valence-corrected chi connectivity index (χ0v) is 16.7. The molecule has 2 aliphatic rings. The van der Waals surface area contributed by atoms with Gasteiger partial charge in [-0.2, -0.15) is 0 Å². The lowest BCUT2D eigenvalue weighted by atomic mass is 9.87. The van der Waals surface area contributed by atoms with Crippen LogP contribution in [-0.2, 0) is 10.0 Å². The Kier molecular flexibility index (Phi) is 4.75. The van der Waals surface area contributed by atoms with Gasteiger partial charge in [-0.05, 0) is 48.2 Å². The van der Waals surface area contributed by atoms with Gasteiger partial charge >= 0.3 is 0 Å². The summed E-state index contributed by atoms with van der Waals surface area (Å²) in [6.07, 6.45) is 1.23. The number of carbonyl (C=O) groups excluding carboxylic acids is 1. The van der Waals surface area contributed by atoms with Crippen LogP contribution in [0.5, 0.6) is 0 Å². The van der Waals surface area contributed by atoms with E-state index in [-0.39, 0.29) is 29.6 Å². The molecule has 0 bridgehead atoms. The zero-order valence-electron chi connectivity index (χ0n) is 15.9. The molecule has 0 aliphatic carbocycles. The third kappa shape index (κ3) is 3.33. The molecule has 3 atom stereocenters. The largest absolute Gasteiger partial charge is 0.331 e. The van der Waals surface area contributed by atoms with Crippen LogP contribution in [-0.4, -0.2) is 49.4 Å². The molecular weight excluding hydrogens is 379 g/mol. The molecule has 2 heterocycles. The van der Waals surface area contributed by atoms with E-state index in [1.54, 1.807) is 0 Å². The zero-order chi connectivity index (χ0) is 20.1. The van der Waals surface area contributed by atoms with Crippen LogP contribution in [0.3, 0.4) is 0 Å². The van der Waals surface area contributed by atoms with Gasteiger partial charge in [0.15, 0.2) is 0 Å². The first-order chi connectivity index (χ1) is 13.3. The molecule has 0 N–H and O–H groups in total. The number of aryl methyl sites for hydroxylation is 1. The second-order valence-corrected chi connectivity index (χ2v) is 9.75. The lowest BCUT2D eigenvalue weighted by Crippen LogP contribution is -2.37. The molecule has 148 valence electrons. The molecule has 0 aromatic heterocycles. The third-order valence-corrected chi connectivity index (χ3v) is 7.19. The number of hydrogen-bond acceptors (Lipinski definition) is 3. The van der Waals surface area contributed by atoms with Crippen molar-refractivity contribution < 1.29 is 17.6 Å². The van der Waals surface area contributed by atoms with E-state index in [0.717, 1.165) is 11.1 Å². The summed E-state index contributed by atoms with van der Waals surface area (Å²) in [4.78, 5) is 15.1. The van der Waals surface area contributed by atoms with Crippen LogP contribution in [0.2, 0.25) is 0 Å². The number of likely N-dealkylation sites (tertiary alicyclic amines) is 1. The van der Waals surface area contributed by atoms with E-state index in [1.807, 2.05) is 36.1 Å².